The number of amides is 1. The lowest BCUT2D eigenvalue weighted by atomic mass is 9.97. The highest BCUT2D eigenvalue weighted by molar-refractivity contribution is 5.71. The molecule has 124 valence electrons. The van der Waals surface area contributed by atoms with Crippen LogP contribution in [0.4, 0.5) is 4.79 Å². The van der Waals surface area contributed by atoms with Gasteiger partial charge in [-0.3, -0.25) is 4.79 Å². The predicted molar refractivity (Wildman–Crippen MR) is 79.9 cm³/mol. The van der Waals surface area contributed by atoms with E-state index in [0.717, 1.165) is 0 Å². The number of nitrogens with one attached hydrogen (secondary N) is 1. The van der Waals surface area contributed by atoms with Gasteiger partial charge in [0.25, 0.3) is 0 Å². The number of aliphatic hydroxyl groups excluding tert-OH is 1. The van der Waals surface area contributed by atoms with Crippen molar-refractivity contribution in [3.63, 3.8) is 0 Å². The van der Waals surface area contributed by atoms with Crippen molar-refractivity contribution in [2.24, 2.45) is 5.92 Å². The summed E-state index contributed by atoms with van der Waals surface area (Å²) in [5.74, 6) is -0.230. The van der Waals surface area contributed by atoms with E-state index < -0.39 is 29.8 Å². The molecule has 0 heterocycles. The minimum Gasteiger partial charge on any atom is -0.466 e. The topological polar surface area (TPSA) is 84.9 Å². The van der Waals surface area contributed by atoms with E-state index in [2.05, 4.69) is 5.32 Å². The molecule has 0 unspecified atom stereocenters. The number of carbonyl (C=O) groups excluding carboxylic acids is 2. The number of carbonyl (C=O) groups is 2. The van der Waals surface area contributed by atoms with Crippen LogP contribution >= 0.6 is 0 Å². The van der Waals surface area contributed by atoms with Crippen LogP contribution in [0.15, 0.2) is 0 Å². The number of alkyl carbamates (subject to hydrolysis) is 1. The van der Waals surface area contributed by atoms with Gasteiger partial charge in [0.05, 0.1) is 25.2 Å². The van der Waals surface area contributed by atoms with Gasteiger partial charge in [-0.05, 0) is 40.0 Å². The first kappa shape index (κ1) is 19.7. The maximum absolute atomic E-state index is 11.8. The minimum absolute atomic E-state index is 0.152. The van der Waals surface area contributed by atoms with Crippen LogP contribution in [0.5, 0.6) is 0 Å². The van der Waals surface area contributed by atoms with Gasteiger partial charge in [0.2, 0.25) is 0 Å². The minimum atomic E-state index is -1.00. The second-order valence-corrected chi connectivity index (χ2v) is 6.46. The standard InChI is InChI=1S/C15H29NO5/c1-7-20-13(18)9-12(17)11(8-10(2)3)16-14(19)21-15(4,5)6/h10-12,17H,7-9H2,1-6H3,(H,16,19)/t11-,12+/m0/s1. The molecule has 0 radical (unpaired) electrons. The van der Waals surface area contributed by atoms with Crippen LogP contribution in [0.3, 0.4) is 0 Å². The van der Waals surface area contributed by atoms with Crippen LogP contribution in [-0.4, -0.2) is 41.5 Å². The lowest BCUT2D eigenvalue weighted by molar-refractivity contribution is -0.145. The van der Waals surface area contributed by atoms with Crippen molar-refractivity contribution in [3.8, 4) is 0 Å². The van der Waals surface area contributed by atoms with Gasteiger partial charge in [-0.1, -0.05) is 13.8 Å². The Balaban J connectivity index is 4.63. The third kappa shape index (κ3) is 10.1. The molecule has 0 bridgehead atoms. The second kappa shape index (κ2) is 8.87. The van der Waals surface area contributed by atoms with Crippen LogP contribution in [0.1, 0.15) is 54.4 Å². The Labute approximate surface area is 127 Å². The molecule has 0 aromatic rings. The summed E-state index contributed by atoms with van der Waals surface area (Å²) < 4.78 is 9.99. The Bertz CT molecular complexity index is 335. The summed E-state index contributed by atoms with van der Waals surface area (Å²) in [5, 5.41) is 12.8. The van der Waals surface area contributed by atoms with E-state index in [4.69, 9.17) is 9.47 Å². The molecular formula is C15H29NO5. The smallest absolute Gasteiger partial charge is 0.407 e. The van der Waals surface area contributed by atoms with Gasteiger partial charge >= 0.3 is 12.1 Å². The molecule has 0 aromatic carbocycles. The van der Waals surface area contributed by atoms with Gasteiger partial charge in [0.1, 0.15) is 5.60 Å². The van der Waals surface area contributed by atoms with Gasteiger partial charge < -0.3 is 19.9 Å². The van der Waals surface area contributed by atoms with Crippen molar-refractivity contribution in [1.82, 2.24) is 5.32 Å². The van der Waals surface area contributed by atoms with Crippen molar-refractivity contribution >= 4 is 12.1 Å². The van der Waals surface area contributed by atoms with Gasteiger partial charge in [-0.15, -0.1) is 0 Å². The number of ether oxygens (including phenoxy) is 2. The van der Waals surface area contributed by atoms with Crippen LogP contribution < -0.4 is 5.32 Å². The van der Waals surface area contributed by atoms with Gasteiger partial charge in [0, 0.05) is 0 Å². The van der Waals surface area contributed by atoms with E-state index in [1.165, 1.54) is 0 Å². The molecule has 0 saturated carbocycles. The van der Waals surface area contributed by atoms with E-state index in [9.17, 15) is 14.7 Å². The Kier molecular flexibility index (Phi) is 8.32. The van der Waals surface area contributed by atoms with Gasteiger partial charge in [0.15, 0.2) is 0 Å². The molecule has 0 aromatic heterocycles. The molecule has 6 nitrogen and oxygen atoms in total. The first-order valence-electron chi connectivity index (χ1n) is 7.38. The van der Waals surface area contributed by atoms with Crippen molar-refractivity contribution in [2.75, 3.05) is 6.61 Å². The van der Waals surface area contributed by atoms with Crippen molar-refractivity contribution in [2.45, 2.75) is 72.1 Å². The first-order valence-corrected chi connectivity index (χ1v) is 7.38. The van der Waals surface area contributed by atoms with Crippen LogP contribution in [-0.2, 0) is 14.3 Å². The quantitative estimate of drug-likeness (QED) is 0.705. The Morgan fingerprint density at radius 2 is 1.81 bits per heavy atom. The average Bonchev–Trinajstić information content (AvgIpc) is 2.24. The molecule has 21 heavy (non-hydrogen) atoms. The summed E-state index contributed by atoms with van der Waals surface area (Å²) in [5.41, 5.74) is -0.613. The predicted octanol–water partition coefficient (Wildman–Crippen LogP) is 2.24. The van der Waals surface area contributed by atoms with E-state index in [-0.39, 0.29) is 18.9 Å². The highest BCUT2D eigenvalue weighted by Crippen LogP contribution is 2.13. The highest BCUT2D eigenvalue weighted by atomic mass is 16.6. The van der Waals surface area contributed by atoms with Crippen LogP contribution in [0.25, 0.3) is 0 Å². The average molecular weight is 303 g/mol. The zero-order valence-corrected chi connectivity index (χ0v) is 13.9. The van der Waals surface area contributed by atoms with Crippen LogP contribution in [0.2, 0.25) is 0 Å². The summed E-state index contributed by atoms with van der Waals surface area (Å²) in [6, 6.07) is -0.552. The monoisotopic (exact) mass is 303 g/mol. The molecular weight excluding hydrogens is 274 g/mol. The largest absolute Gasteiger partial charge is 0.466 e. The fraction of sp³-hybridized carbons (Fsp3) is 0.867. The second-order valence-electron chi connectivity index (χ2n) is 6.46. The molecule has 2 N–H and O–H groups in total. The molecule has 6 heteroatoms. The zero-order valence-electron chi connectivity index (χ0n) is 13.9. The third-order valence-electron chi connectivity index (χ3n) is 2.57. The zero-order chi connectivity index (χ0) is 16.6. The molecule has 0 aliphatic heterocycles. The van der Waals surface area contributed by atoms with Crippen molar-refractivity contribution in [3.05, 3.63) is 0 Å². The summed E-state index contributed by atoms with van der Waals surface area (Å²) in [6.45, 7) is 11.2. The number of hydrogen-bond acceptors (Lipinski definition) is 5. The molecule has 0 spiro atoms. The van der Waals surface area contributed by atoms with Crippen LogP contribution in [0, 0.1) is 5.92 Å². The summed E-state index contributed by atoms with van der Waals surface area (Å²) in [4.78, 5) is 23.2. The van der Waals surface area contributed by atoms with Gasteiger partial charge in [-0.2, -0.15) is 0 Å². The Morgan fingerprint density at radius 3 is 2.24 bits per heavy atom. The summed E-state index contributed by atoms with van der Waals surface area (Å²) in [6.07, 6.45) is -1.21. The third-order valence-corrected chi connectivity index (χ3v) is 2.57. The first-order chi connectivity index (χ1) is 9.55. The number of rotatable bonds is 7. The van der Waals surface area contributed by atoms with E-state index in [0.29, 0.717) is 6.42 Å². The lowest BCUT2D eigenvalue weighted by Crippen LogP contribution is -2.46. The molecule has 0 fully saturated rings. The summed E-state index contributed by atoms with van der Waals surface area (Å²) in [7, 11) is 0. The van der Waals surface area contributed by atoms with E-state index in [1.807, 2.05) is 13.8 Å². The number of hydrogen-bond donors (Lipinski definition) is 2. The number of aliphatic hydroxyl groups is 1. The van der Waals surface area contributed by atoms with E-state index in [1.54, 1.807) is 27.7 Å². The molecule has 0 aliphatic carbocycles. The molecule has 0 aliphatic rings. The molecule has 1 amide bonds. The fourth-order valence-electron chi connectivity index (χ4n) is 1.81. The summed E-state index contributed by atoms with van der Waals surface area (Å²) >= 11 is 0. The Hall–Kier alpha value is -1.30. The Morgan fingerprint density at radius 1 is 1.24 bits per heavy atom. The molecule has 0 saturated heterocycles. The maximum Gasteiger partial charge on any atom is 0.407 e. The van der Waals surface area contributed by atoms with Crippen molar-refractivity contribution < 1.29 is 24.2 Å². The van der Waals surface area contributed by atoms with Gasteiger partial charge in [-0.25, -0.2) is 4.79 Å². The van der Waals surface area contributed by atoms with E-state index >= 15 is 0 Å². The molecule has 0 rings (SSSR count). The van der Waals surface area contributed by atoms with Crippen molar-refractivity contribution in [1.29, 1.82) is 0 Å². The fourth-order valence-corrected chi connectivity index (χ4v) is 1.81. The SMILES string of the molecule is CCOC(=O)C[C@@H](O)[C@H](CC(C)C)NC(=O)OC(C)(C)C. The molecule has 2 atom stereocenters. The lowest BCUT2D eigenvalue weighted by Gasteiger charge is -2.27. The highest BCUT2D eigenvalue weighted by Gasteiger charge is 2.27. The number of esters is 1. The maximum atomic E-state index is 11.8. The normalized spacial score (nSPS) is 14.5.